The normalized spacial score (nSPS) is 13.6. The third kappa shape index (κ3) is 3.25. The first-order valence-electron chi connectivity index (χ1n) is 6.59. The van der Waals surface area contributed by atoms with Crippen LogP contribution in [0.15, 0.2) is 42.5 Å². The van der Waals surface area contributed by atoms with E-state index >= 15 is 0 Å². The van der Waals surface area contributed by atoms with E-state index in [1.807, 2.05) is 0 Å². The molecule has 2 aromatic carbocycles. The van der Waals surface area contributed by atoms with Gasteiger partial charge in [0.1, 0.15) is 5.82 Å². The number of amides is 1. The summed E-state index contributed by atoms with van der Waals surface area (Å²) in [6.07, 6.45) is 0.231. The van der Waals surface area contributed by atoms with E-state index in [1.165, 1.54) is 18.2 Å². The van der Waals surface area contributed by atoms with Crippen LogP contribution in [0, 0.1) is 5.82 Å². The molecule has 2 N–H and O–H groups in total. The van der Waals surface area contributed by atoms with E-state index in [4.69, 9.17) is 0 Å². The average molecular weight is 320 g/mol. The molecule has 5 nitrogen and oxygen atoms in total. The van der Waals surface area contributed by atoms with E-state index in [-0.39, 0.29) is 18.1 Å². The van der Waals surface area contributed by atoms with Crippen molar-refractivity contribution in [3.05, 3.63) is 59.4 Å². The van der Waals surface area contributed by atoms with Gasteiger partial charge in [0.05, 0.1) is 12.2 Å². The minimum Gasteiger partial charge on any atom is -0.326 e. The zero-order valence-corrected chi connectivity index (χ0v) is 12.3. The second-order valence-electron chi connectivity index (χ2n) is 5.09. The van der Waals surface area contributed by atoms with Crippen LogP contribution >= 0.6 is 0 Å². The number of hydrogen-bond donors (Lipinski definition) is 2. The number of hydrogen-bond acceptors (Lipinski definition) is 3. The summed E-state index contributed by atoms with van der Waals surface area (Å²) < 4.78 is 39.8. The number of sulfonamides is 1. The monoisotopic (exact) mass is 320 g/mol. The molecule has 3 rings (SSSR count). The van der Waals surface area contributed by atoms with Crippen LogP contribution in [0.25, 0.3) is 0 Å². The SMILES string of the molecule is O=C1Cc2cc(NS(=O)(=O)Cc3cccc(F)c3)ccc2N1. The van der Waals surface area contributed by atoms with Crippen LogP contribution in [0.5, 0.6) is 0 Å². The third-order valence-electron chi connectivity index (χ3n) is 3.25. The molecule has 0 atom stereocenters. The minimum absolute atomic E-state index is 0.116. The molecule has 0 spiro atoms. The molecule has 1 heterocycles. The van der Waals surface area contributed by atoms with Gasteiger partial charge in [-0.15, -0.1) is 0 Å². The van der Waals surface area contributed by atoms with E-state index in [0.717, 1.165) is 5.56 Å². The molecule has 2 aromatic rings. The number of carbonyl (C=O) groups is 1. The molecule has 0 bridgehead atoms. The first-order chi connectivity index (χ1) is 10.4. The largest absolute Gasteiger partial charge is 0.326 e. The molecule has 0 unspecified atom stereocenters. The Morgan fingerprint density at radius 1 is 1.18 bits per heavy atom. The highest BCUT2D eigenvalue weighted by molar-refractivity contribution is 7.91. The van der Waals surface area contributed by atoms with E-state index in [1.54, 1.807) is 24.3 Å². The van der Waals surface area contributed by atoms with Gasteiger partial charge in [-0.25, -0.2) is 12.8 Å². The Kier molecular flexibility index (Phi) is 3.58. The topological polar surface area (TPSA) is 75.3 Å². The maximum Gasteiger partial charge on any atom is 0.236 e. The van der Waals surface area contributed by atoms with Gasteiger partial charge in [0.15, 0.2) is 0 Å². The summed E-state index contributed by atoms with van der Waals surface area (Å²) >= 11 is 0. The molecule has 0 fully saturated rings. The molecule has 1 amide bonds. The molecule has 0 aromatic heterocycles. The van der Waals surface area contributed by atoms with E-state index in [0.29, 0.717) is 16.9 Å². The molecule has 7 heteroatoms. The highest BCUT2D eigenvalue weighted by atomic mass is 32.2. The maximum atomic E-state index is 13.1. The zero-order valence-electron chi connectivity index (χ0n) is 11.5. The van der Waals surface area contributed by atoms with Gasteiger partial charge >= 0.3 is 0 Å². The van der Waals surface area contributed by atoms with Crippen molar-refractivity contribution in [3.63, 3.8) is 0 Å². The number of fused-ring (bicyclic) bond motifs is 1. The summed E-state index contributed by atoms with van der Waals surface area (Å²) in [5, 5.41) is 2.68. The molecule has 0 aliphatic carbocycles. The Balaban J connectivity index is 1.77. The molecule has 1 aliphatic heterocycles. The molecule has 0 radical (unpaired) electrons. The Morgan fingerprint density at radius 3 is 2.77 bits per heavy atom. The van der Waals surface area contributed by atoms with Crippen molar-refractivity contribution in [2.24, 2.45) is 0 Å². The number of halogens is 1. The summed E-state index contributed by atoms with van der Waals surface area (Å²) in [4.78, 5) is 11.3. The van der Waals surface area contributed by atoms with Gasteiger partial charge in [0.2, 0.25) is 15.9 Å². The predicted molar refractivity (Wildman–Crippen MR) is 81.4 cm³/mol. The van der Waals surface area contributed by atoms with Crippen molar-refractivity contribution in [2.45, 2.75) is 12.2 Å². The summed E-state index contributed by atoms with van der Waals surface area (Å²) in [6, 6.07) is 10.3. The van der Waals surface area contributed by atoms with E-state index in [2.05, 4.69) is 10.0 Å². The van der Waals surface area contributed by atoms with Crippen LogP contribution in [0.2, 0.25) is 0 Å². The van der Waals surface area contributed by atoms with Crippen LogP contribution in [0.4, 0.5) is 15.8 Å². The lowest BCUT2D eigenvalue weighted by molar-refractivity contribution is -0.115. The first kappa shape index (κ1) is 14.5. The fourth-order valence-corrected chi connectivity index (χ4v) is 3.53. The number of carbonyl (C=O) groups excluding carboxylic acids is 1. The maximum absolute atomic E-state index is 13.1. The zero-order chi connectivity index (χ0) is 15.7. The lowest BCUT2D eigenvalue weighted by atomic mass is 10.1. The van der Waals surface area contributed by atoms with Crippen LogP contribution in [0.3, 0.4) is 0 Å². The Labute approximate surface area is 127 Å². The molecular formula is C15H13FN2O3S. The molecule has 114 valence electrons. The van der Waals surface area contributed by atoms with Crippen LogP contribution in [0.1, 0.15) is 11.1 Å². The summed E-state index contributed by atoms with van der Waals surface area (Å²) in [7, 11) is -3.66. The molecule has 22 heavy (non-hydrogen) atoms. The van der Waals surface area contributed by atoms with Crippen molar-refractivity contribution < 1.29 is 17.6 Å². The molecular weight excluding hydrogens is 307 g/mol. The molecule has 0 saturated carbocycles. The van der Waals surface area contributed by atoms with Crippen molar-refractivity contribution in [1.29, 1.82) is 0 Å². The third-order valence-corrected chi connectivity index (χ3v) is 4.51. The number of rotatable bonds is 4. The van der Waals surface area contributed by atoms with Gasteiger partial charge in [0, 0.05) is 11.4 Å². The van der Waals surface area contributed by atoms with Crippen molar-refractivity contribution in [2.75, 3.05) is 10.0 Å². The Hall–Kier alpha value is -2.41. The van der Waals surface area contributed by atoms with Gasteiger partial charge in [-0.1, -0.05) is 12.1 Å². The molecule has 1 aliphatic rings. The smallest absolute Gasteiger partial charge is 0.236 e. The quantitative estimate of drug-likeness (QED) is 0.907. The predicted octanol–water partition coefficient (Wildman–Crippen LogP) is 2.26. The van der Waals surface area contributed by atoms with Crippen LogP contribution in [-0.4, -0.2) is 14.3 Å². The van der Waals surface area contributed by atoms with Gasteiger partial charge < -0.3 is 5.32 Å². The molecule has 0 saturated heterocycles. The Bertz CT molecular complexity index is 850. The summed E-state index contributed by atoms with van der Waals surface area (Å²) in [5.41, 5.74) is 2.19. The highest BCUT2D eigenvalue weighted by Crippen LogP contribution is 2.26. The highest BCUT2D eigenvalue weighted by Gasteiger charge is 2.19. The second kappa shape index (κ2) is 5.42. The lowest BCUT2D eigenvalue weighted by Crippen LogP contribution is -2.15. The van der Waals surface area contributed by atoms with Gasteiger partial charge in [-0.05, 0) is 41.5 Å². The number of benzene rings is 2. The second-order valence-corrected chi connectivity index (χ2v) is 6.81. The van der Waals surface area contributed by atoms with Gasteiger partial charge in [-0.3, -0.25) is 9.52 Å². The fraction of sp³-hybridized carbons (Fsp3) is 0.133. The van der Waals surface area contributed by atoms with E-state index < -0.39 is 15.8 Å². The minimum atomic E-state index is -3.66. The standard InChI is InChI=1S/C15H13FN2O3S/c16-12-3-1-2-10(6-12)9-22(20,21)18-13-4-5-14-11(7-13)8-15(19)17-14/h1-7,18H,8-9H2,(H,17,19). The number of nitrogens with one attached hydrogen (secondary N) is 2. The average Bonchev–Trinajstić information content (AvgIpc) is 2.77. The van der Waals surface area contributed by atoms with Crippen LogP contribution < -0.4 is 10.0 Å². The number of anilines is 2. The van der Waals surface area contributed by atoms with Crippen molar-refractivity contribution in [1.82, 2.24) is 0 Å². The van der Waals surface area contributed by atoms with Crippen molar-refractivity contribution in [3.8, 4) is 0 Å². The van der Waals surface area contributed by atoms with Gasteiger partial charge in [0.25, 0.3) is 0 Å². The van der Waals surface area contributed by atoms with Gasteiger partial charge in [-0.2, -0.15) is 0 Å². The fourth-order valence-electron chi connectivity index (χ4n) is 2.35. The Morgan fingerprint density at radius 2 is 2.00 bits per heavy atom. The summed E-state index contributed by atoms with van der Waals surface area (Å²) in [5.74, 6) is -0.913. The summed E-state index contributed by atoms with van der Waals surface area (Å²) in [6.45, 7) is 0. The first-order valence-corrected chi connectivity index (χ1v) is 8.24. The van der Waals surface area contributed by atoms with Crippen LogP contribution in [-0.2, 0) is 27.0 Å². The lowest BCUT2D eigenvalue weighted by Gasteiger charge is -2.09. The van der Waals surface area contributed by atoms with E-state index in [9.17, 15) is 17.6 Å². The van der Waals surface area contributed by atoms with Crippen molar-refractivity contribution >= 4 is 27.3 Å².